The number of hydrogen-bond acceptors (Lipinski definition) is 3. The molecule has 0 saturated heterocycles. The predicted octanol–water partition coefficient (Wildman–Crippen LogP) is 2.20. The summed E-state index contributed by atoms with van der Waals surface area (Å²) in [6.07, 6.45) is 1.62. The lowest BCUT2D eigenvalue weighted by atomic mass is 10.1. The summed E-state index contributed by atoms with van der Waals surface area (Å²) in [5.74, 6) is -0.201. The van der Waals surface area contributed by atoms with Crippen LogP contribution in [0.1, 0.15) is 25.3 Å². The number of aliphatic imine (C=N–C) groups is 1. The lowest BCUT2D eigenvalue weighted by Gasteiger charge is -2.04. The van der Waals surface area contributed by atoms with Gasteiger partial charge in [0.2, 0.25) is 0 Å². The lowest BCUT2D eigenvalue weighted by Crippen LogP contribution is -2.18. The van der Waals surface area contributed by atoms with Gasteiger partial charge in [-0.1, -0.05) is 30.3 Å². The van der Waals surface area contributed by atoms with E-state index in [1.54, 1.807) is 0 Å². The zero-order valence-electron chi connectivity index (χ0n) is 9.35. The van der Waals surface area contributed by atoms with Crippen LogP contribution >= 0.6 is 0 Å². The maximum atomic E-state index is 11.5. The molecular formula is C13H15NO2. The van der Waals surface area contributed by atoms with Crippen molar-refractivity contribution in [2.75, 3.05) is 6.61 Å². The van der Waals surface area contributed by atoms with Crippen molar-refractivity contribution in [3.05, 3.63) is 35.9 Å². The zero-order chi connectivity index (χ0) is 11.4. The highest BCUT2D eigenvalue weighted by Gasteiger charge is 2.25. The topological polar surface area (TPSA) is 38.7 Å². The van der Waals surface area contributed by atoms with Crippen molar-refractivity contribution in [3.63, 3.8) is 0 Å². The Morgan fingerprint density at radius 2 is 2.19 bits per heavy atom. The van der Waals surface area contributed by atoms with E-state index >= 15 is 0 Å². The average molecular weight is 217 g/mol. The van der Waals surface area contributed by atoms with Crippen molar-refractivity contribution in [3.8, 4) is 0 Å². The van der Waals surface area contributed by atoms with Gasteiger partial charge in [0.1, 0.15) is 6.04 Å². The monoisotopic (exact) mass is 217 g/mol. The number of rotatable bonds is 3. The first-order valence-electron chi connectivity index (χ1n) is 5.60. The fourth-order valence-corrected chi connectivity index (χ4v) is 1.85. The SMILES string of the molecule is CCOC(=O)C1CCC(c2ccccc2)=N1. The molecule has 2 rings (SSSR count). The summed E-state index contributed by atoms with van der Waals surface area (Å²) in [4.78, 5) is 15.9. The van der Waals surface area contributed by atoms with Crippen molar-refractivity contribution < 1.29 is 9.53 Å². The lowest BCUT2D eigenvalue weighted by molar-refractivity contribution is -0.144. The second kappa shape index (κ2) is 4.92. The molecule has 0 N–H and O–H groups in total. The molecule has 0 fully saturated rings. The molecule has 0 amide bonds. The van der Waals surface area contributed by atoms with Crippen LogP contribution in [-0.4, -0.2) is 24.3 Å². The van der Waals surface area contributed by atoms with Crippen LogP contribution in [0.2, 0.25) is 0 Å². The smallest absolute Gasteiger partial charge is 0.330 e. The molecule has 1 aliphatic rings. The molecule has 0 radical (unpaired) electrons. The van der Waals surface area contributed by atoms with E-state index in [4.69, 9.17) is 4.74 Å². The van der Waals surface area contributed by atoms with E-state index < -0.39 is 0 Å². The molecule has 0 aliphatic carbocycles. The third-order valence-corrected chi connectivity index (χ3v) is 2.63. The summed E-state index contributed by atoms with van der Waals surface area (Å²) in [6, 6.07) is 9.68. The van der Waals surface area contributed by atoms with Crippen LogP contribution in [0.25, 0.3) is 0 Å². The van der Waals surface area contributed by atoms with Crippen molar-refractivity contribution in [2.24, 2.45) is 4.99 Å². The van der Waals surface area contributed by atoms with Gasteiger partial charge in [-0.3, -0.25) is 4.99 Å². The summed E-state index contributed by atoms with van der Waals surface area (Å²) in [7, 11) is 0. The molecule has 1 unspecified atom stereocenters. The molecule has 1 aromatic carbocycles. The third kappa shape index (κ3) is 2.30. The number of esters is 1. The second-order valence-corrected chi connectivity index (χ2v) is 3.75. The summed E-state index contributed by atoms with van der Waals surface area (Å²) in [6.45, 7) is 2.24. The van der Waals surface area contributed by atoms with Crippen LogP contribution in [0.3, 0.4) is 0 Å². The predicted molar refractivity (Wildman–Crippen MR) is 62.6 cm³/mol. The molecule has 3 nitrogen and oxygen atoms in total. The molecule has 16 heavy (non-hydrogen) atoms. The van der Waals surface area contributed by atoms with Crippen LogP contribution < -0.4 is 0 Å². The normalized spacial score (nSPS) is 19.3. The molecule has 0 aromatic heterocycles. The minimum atomic E-state index is -0.296. The first kappa shape index (κ1) is 10.9. The Morgan fingerprint density at radius 3 is 2.88 bits per heavy atom. The Balaban J connectivity index is 2.09. The number of benzene rings is 1. The largest absolute Gasteiger partial charge is 0.464 e. The minimum Gasteiger partial charge on any atom is -0.464 e. The Kier molecular flexibility index (Phi) is 3.34. The fraction of sp³-hybridized carbons (Fsp3) is 0.385. The Labute approximate surface area is 95.2 Å². The molecule has 1 heterocycles. The summed E-state index contributed by atoms with van der Waals surface area (Å²) in [5, 5.41) is 0. The van der Waals surface area contributed by atoms with Crippen LogP contribution in [0.15, 0.2) is 35.3 Å². The molecule has 0 spiro atoms. The highest BCUT2D eigenvalue weighted by Crippen LogP contribution is 2.19. The van der Waals surface area contributed by atoms with Crippen molar-refractivity contribution in [1.82, 2.24) is 0 Å². The maximum Gasteiger partial charge on any atom is 0.330 e. The minimum absolute atomic E-state index is 0.201. The van der Waals surface area contributed by atoms with Crippen LogP contribution in [0.4, 0.5) is 0 Å². The van der Waals surface area contributed by atoms with Gasteiger partial charge in [0.25, 0.3) is 0 Å². The summed E-state index contributed by atoms with van der Waals surface area (Å²) < 4.78 is 4.96. The molecule has 1 atom stereocenters. The van der Waals surface area contributed by atoms with Crippen molar-refractivity contribution in [2.45, 2.75) is 25.8 Å². The maximum absolute atomic E-state index is 11.5. The number of carbonyl (C=O) groups is 1. The van der Waals surface area contributed by atoms with E-state index in [0.29, 0.717) is 6.61 Å². The van der Waals surface area contributed by atoms with Crippen LogP contribution in [0, 0.1) is 0 Å². The van der Waals surface area contributed by atoms with E-state index in [1.165, 1.54) is 0 Å². The Hall–Kier alpha value is -1.64. The first-order chi connectivity index (χ1) is 7.81. The van der Waals surface area contributed by atoms with Gasteiger partial charge in [-0.2, -0.15) is 0 Å². The Morgan fingerprint density at radius 1 is 1.44 bits per heavy atom. The fourth-order valence-electron chi connectivity index (χ4n) is 1.85. The molecule has 0 bridgehead atoms. The average Bonchev–Trinajstić information content (AvgIpc) is 2.80. The highest BCUT2D eigenvalue weighted by atomic mass is 16.5. The summed E-state index contributed by atoms with van der Waals surface area (Å²) in [5.41, 5.74) is 2.12. The van der Waals surface area contributed by atoms with Crippen LogP contribution in [-0.2, 0) is 9.53 Å². The molecule has 84 valence electrons. The number of ether oxygens (including phenoxy) is 1. The van der Waals surface area contributed by atoms with Gasteiger partial charge >= 0.3 is 5.97 Å². The first-order valence-corrected chi connectivity index (χ1v) is 5.60. The number of carbonyl (C=O) groups excluding carboxylic acids is 1. The molecular weight excluding hydrogens is 202 g/mol. The van der Waals surface area contributed by atoms with E-state index in [0.717, 1.165) is 24.1 Å². The van der Waals surface area contributed by atoms with Crippen LogP contribution in [0.5, 0.6) is 0 Å². The quantitative estimate of drug-likeness (QED) is 0.728. The van der Waals surface area contributed by atoms with Gasteiger partial charge in [0.05, 0.1) is 6.61 Å². The van der Waals surface area contributed by atoms with Gasteiger partial charge < -0.3 is 4.74 Å². The third-order valence-electron chi connectivity index (χ3n) is 2.63. The van der Waals surface area contributed by atoms with Gasteiger partial charge in [-0.15, -0.1) is 0 Å². The number of nitrogens with zero attached hydrogens (tertiary/aromatic N) is 1. The zero-order valence-corrected chi connectivity index (χ0v) is 9.35. The van der Waals surface area contributed by atoms with E-state index in [1.807, 2.05) is 37.3 Å². The van der Waals surface area contributed by atoms with Gasteiger partial charge in [0.15, 0.2) is 0 Å². The van der Waals surface area contributed by atoms with Crippen molar-refractivity contribution in [1.29, 1.82) is 0 Å². The van der Waals surface area contributed by atoms with E-state index in [-0.39, 0.29) is 12.0 Å². The summed E-state index contributed by atoms with van der Waals surface area (Å²) >= 11 is 0. The van der Waals surface area contributed by atoms with Gasteiger partial charge in [-0.25, -0.2) is 4.79 Å². The highest BCUT2D eigenvalue weighted by molar-refractivity contribution is 6.03. The van der Waals surface area contributed by atoms with E-state index in [9.17, 15) is 4.79 Å². The second-order valence-electron chi connectivity index (χ2n) is 3.75. The van der Waals surface area contributed by atoms with Gasteiger partial charge in [0, 0.05) is 5.71 Å². The van der Waals surface area contributed by atoms with Gasteiger partial charge in [-0.05, 0) is 25.3 Å². The molecule has 3 heteroatoms. The molecule has 0 saturated carbocycles. The Bertz CT molecular complexity index is 398. The van der Waals surface area contributed by atoms with Crippen molar-refractivity contribution >= 4 is 11.7 Å². The standard InChI is InChI=1S/C13H15NO2/c1-2-16-13(15)12-9-8-11(14-12)10-6-4-3-5-7-10/h3-7,12H,2,8-9H2,1H3. The molecule has 1 aromatic rings. The van der Waals surface area contributed by atoms with E-state index in [2.05, 4.69) is 4.99 Å². The molecule has 1 aliphatic heterocycles. The number of hydrogen-bond donors (Lipinski definition) is 0.